The quantitative estimate of drug-likeness (QED) is 0.467. The van der Waals surface area contributed by atoms with Crippen LogP contribution in [0.5, 0.6) is 0 Å². The van der Waals surface area contributed by atoms with Gasteiger partial charge >= 0.3 is 0 Å². The number of rotatable bonds is 6. The molecule has 0 fully saturated rings. The number of ether oxygens (including phenoxy) is 2. The second-order valence-electron chi connectivity index (χ2n) is 4.51. The van der Waals surface area contributed by atoms with Gasteiger partial charge in [-0.15, -0.1) is 0 Å². The summed E-state index contributed by atoms with van der Waals surface area (Å²) in [6.45, 7) is 4.75. The molecule has 0 atom stereocenters. The van der Waals surface area contributed by atoms with Crippen LogP contribution in [0.15, 0.2) is 42.6 Å². The molecule has 0 bridgehead atoms. The first-order chi connectivity index (χ1) is 10.8. The van der Waals surface area contributed by atoms with Crippen LogP contribution in [0.4, 0.5) is 0 Å². The van der Waals surface area contributed by atoms with Crippen molar-refractivity contribution >= 4 is 6.29 Å². The lowest BCUT2D eigenvalue weighted by atomic mass is 10.2. The van der Waals surface area contributed by atoms with Crippen LogP contribution in [0, 0.1) is 11.8 Å². The van der Waals surface area contributed by atoms with Crippen molar-refractivity contribution in [3.05, 3.63) is 59.4 Å². The Hall–Kier alpha value is -2.35. The minimum absolute atomic E-state index is 0.476. The van der Waals surface area contributed by atoms with E-state index in [2.05, 4.69) is 11.8 Å². The number of nitrogens with zero attached hydrogens (tertiary/aromatic N) is 1. The maximum absolute atomic E-state index is 11.2. The van der Waals surface area contributed by atoms with Gasteiger partial charge in [0.2, 0.25) is 6.41 Å². The number of aldehydes is 1. The van der Waals surface area contributed by atoms with Gasteiger partial charge in [-0.1, -0.05) is 30.0 Å². The van der Waals surface area contributed by atoms with Crippen molar-refractivity contribution in [2.24, 2.45) is 0 Å². The van der Waals surface area contributed by atoms with Crippen LogP contribution in [0.1, 0.15) is 41.9 Å². The summed E-state index contributed by atoms with van der Waals surface area (Å²) < 4.78 is 12.7. The predicted molar refractivity (Wildman–Crippen MR) is 84.5 cm³/mol. The molecule has 22 heavy (non-hydrogen) atoms. The van der Waals surface area contributed by atoms with Gasteiger partial charge in [0, 0.05) is 30.5 Å². The van der Waals surface area contributed by atoms with Gasteiger partial charge in [0.15, 0.2) is 6.29 Å². The molecule has 0 radical (unpaired) electrons. The molecule has 4 heteroatoms. The van der Waals surface area contributed by atoms with Gasteiger partial charge in [0.25, 0.3) is 0 Å². The summed E-state index contributed by atoms with van der Waals surface area (Å²) in [4.78, 5) is 11.2. The molecule has 0 N–H and O–H groups in total. The first-order valence-electron chi connectivity index (χ1n) is 7.25. The van der Waals surface area contributed by atoms with Crippen LogP contribution in [0.2, 0.25) is 0 Å². The smallest absolute Gasteiger partial charge is 0.244 e. The van der Waals surface area contributed by atoms with E-state index in [0.29, 0.717) is 18.9 Å². The topological polar surface area (TPSA) is 40.5 Å². The van der Waals surface area contributed by atoms with E-state index < -0.39 is 6.41 Å². The molecule has 4 nitrogen and oxygen atoms in total. The van der Waals surface area contributed by atoms with Crippen LogP contribution in [-0.2, 0) is 9.47 Å². The van der Waals surface area contributed by atoms with Crippen LogP contribution in [0.25, 0.3) is 0 Å². The fraction of sp³-hybridized carbons (Fsp3) is 0.278. The second kappa shape index (κ2) is 8.18. The molecular weight excluding hydrogens is 278 g/mol. The first kappa shape index (κ1) is 16.0. The summed E-state index contributed by atoms with van der Waals surface area (Å²) in [6, 6.07) is 11.4. The van der Waals surface area contributed by atoms with Crippen LogP contribution >= 0.6 is 0 Å². The Balaban J connectivity index is 2.28. The number of hydrogen-bond donors (Lipinski definition) is 0. The highest BCUT2D eigenvalue weighted by atomic mass is 16.7. The Labute approximate surface area is 130 Å². The number of aromatic nitrogens is 1. The highest BCUT2D eigenvalue weighted by Gasteiger charge is 2.15. The Bertz CT molecular complexity index is 659. The average molecular weight is 297 g/mol. The van der Waals surface area contributed by atoms with Gasteiger partial charge in [-0.3, -0.25) is 9.36 Å². The van der Waals surface area contributed by atoms with E-state index in [4.69, 9.17) is 9.47 Å². The Morgan fingerprint density at radius 1 is 1.09 bits per heavy atom. The van der Waals surface area contributed by atoms with Gasteiger partial charge in [0.05, 0.1) is 5.69 Å². The number of carbonyl (C=O) groups excluding carboxylic acids is 1. The van der Waals surface area contributed by atoms with E-state index in [0.717, 1.165) is 17.4 Å². The third-order valence-electron chi connectivity index (χ3n) is 2.97. The van der Waals surface area contributed by atoms with Crippen molar-refractivity contribution in [3.8, 4) is 11.8 Å². The van der Waals surface area contributed by atoms with E-state index >= 15 is 0 Å². The van der Waals surface area contributed by atoms with E-state index in [1.54, 1.807) is 16.8 Å². The molecule has 0 spiro atoms. The zero-order valence-corrected chi connectivity index (χ0v) is 12.8. The van der Waals surface area contributed by atoms with Gasteiger partial charge in [0.1, 0.15) is 0 Å². The van der Waals surface area contributed by atoms with E-state index in [-0.39, 0.29) is 0 Å². The standard InChI is InChI=1S/C18H19NO3/c1-3-21-18(22-4-2)19-13-16(12-17(19)14-20)11-10-15-8-6-5-7-9-15/h5-9,12-14,18H,3-4H2,1-2H3. The molecule has 0 unspecified atom stereocenters. The molecular formula is C18H19NO3. The second-order valence-corrected chi connectivity index (χ2v) is 4.51. The highest BCUT2D eigenvalue weighted by Crippen LogP contribution is 2.17. The zero-order chi connectivity index (χ0) is 15.8. The highest BCUT2D eigenvalue weighted by molar-refractivity contribution is 5.73. The zero-order valence-electron chi connectivity index (χ0n) is 12.8. The minimum Gasteiger partial charge on any atom is -0.335 e. The molecule has 0 saturated heterocycles. The van der Waals surface area contributed by atoms with Crippen LogP contribution < -0.4 is 0 Å². The fourth-order valence-electron chi connectivity index (χ4n) is 2.00. The molecule has 0 aliphatic heterocycles. The Morgan fingerprint density at radius 2 is 1.73 bits per heavy atom. The molecule has 0 saturated carbocycles. The predicted octanol–water partition coefficient (Wildman–Crippen LogP) is 3.23. The molecule has 1 heterocycles. The summed E-state index contributed by atoms with van der Waals surface area (Å²) in [6.07, 6.45) is 1.94. The average Bonchev–Trinajstić information content (AvgIpc) is 2.97. The summed E-state index contributed by atoms with van der Waals surface area (Å²) >= 11 is 0. The van der Waals surface area contributed by atoms with Crippen molar-refractivity contribution in [3.63, 3.8) is 0 Å². The van der Waals surface area contributed by atoms with E-state index in [1.807, 2.05) is 44.2 Å². The van der Waals surface area contributed by atoms with Crippen molar-refractivity contribution in [1.29, 1.82) is 0 Å². The SMILES string of the molecule is CCOC(OCC)n1cc(C#Cc2ccccc2)cc1C=O. The number of carbonyl (C=O) groups is 1. The number of benzene rings is 1. The molecule has 1 aromatic carbocycles. The van der Waals surface area contributed by atoms with Gasteiger partial charge < -0.3 is 9.47 Å². The van der Waals surface area contributed by atoms with Crippen molar-refractivity contribution < 1.29 is 14.3 Å². The molecule has 0 aliphatic carbocycles. The third-order valence-corrected chi connectivity index (χ3v) is 2.97. The summed E-state index contributed by atoms with van der Waals surface area (Å²) in [5.74, 6) is 6.12. The van der Waals surface area contributed by atoms with E-state index in [1.165, 1.54) is 0 Å². The molecule has 1 aromatic heterocycles. The monoisotopic (exact) mass is 297 g/mol. The fourth-order valence-corrected chi connectivity index (χ4v) is 2.00. The summed E-state index contributed by atoms with van der Waals surface area (Å²) in [7, 11) is 0. The lowest BCUT2D eigenvalue weighted by Gasteiger charge is -2.19. The van der Waals surface area contributed by atoms with Crippen molar-refractivity contribution in [2.75, 3.05) is 13.2 Å². The van der Waals surface area contributed by atoms with Gasteiger partial charge in [-0.2, -0.15) is 0 Å². The number of hydrogen-bond acceptors (Lipinski definition) is 3. The van der Waals surface area contributed by atoms with E-state index in [9.17, 15) is 4.79 Å². The minimum atomic E-state index is -0.609. The Kier molecular flexibility index (Phi) is 5.96. The first-order valence-corrected chi connectivity index (χ1v) is 7.25. The third kappa shape index (κ3) is 4.08. The Morgan fingerprint density at radius 3 is 2.32 bits per heavy atom. The maximum atomic E-state index is 11.2. The molecule has 2 rings (SSSR count). The largest absolute Gasteiger partial charge is 0.335 e. The normalized spacial score (nSPS) is 10.3. The van der Waals surface area contributed by atoms with Gasteiger partial charge in [-0.05, 0) is 32.0 Å². The molecule has 2 aromatic rings. The van der Waals surface area contributed by atoms with Crippen molar-refractivity contribution in [1.82, 2.24) is 4.57 Å². The maximum Gasteiger partial charge on any atom is 0.244 e. The summed E-state index contributed by atoms with van der Waals surface area (Å²) in [5, 5.41) is 0. The van der Waals surface area contributed by atoms with Crippen LogP contribution in [0.3, 0.4) is 0 Å². The molecule has 0 amide bonds. The lowest BCUT2D eigenvalue weighted by molar-refractivity contribution is -0.186. The molecule has 0 aliphatic rings. The molecule has 114 valence electrons. The lowest BCUT2D eigenvalue weighted by Crippen LogP contribution is -2.17. The van der Waals surface area contributed by atoms with Gasteiger partial charge in [-0.25, -0.2) is 0 Å². The van der Waals surface area contributed by atoms with Crippen LogP contribution in [-0.4, -0.2) is 24.1 Å². The van der Waals surface area contributed by atoms with Crippen molar-refractivity contribution in [2.45, 2.75) is 20.3 Å². The summed E-state index contributed by atoms with van der Waals surface area (Å²) in [5.41, 5.74) is 2.15.